The number of carbonyl (C=O) groups excluding carboxylic acids is 3. The molecule has 0 fully saturated rings. The summed E-state index contributed by atoms with van der Waals surface area (Å²) in [5, 5.41) is 5.49. The Labute approximate surface area is 199 Å². The van der Waals surface area contributed by atoms with E-state index in [-0.39, 0.29) is 17.4 Å². The Morgan fingerprint density at radius 2 is 1.30 bits per heavy atom. The Bertz CT molecular complexity index is 786. The molecule has 186 valence electrons. The van der Waals surface area contributed by atoms with Crippen molar-refractivity contribution in [2.45, 2.75) is 99.4 Å². The van der Waals surface area contributed by atoms with E-state index in [0.29, 0.717) is 12.8 Å². The van der Waals surface area contributed by atoms with E-state index in [1.54, 1.807) is 20.8 Å². The highest BCUT2D eigenvalue weighted by Gasteiger charge is 2.33. The molecule has 0 heterocycles. The quantitative estimate of drug-likeness (QED) is 0.532. The fourth-order valence-electron chi connectivity index (χ4n) is 3.18. The van der Waals surface area contributed by atoms with Crippen molar-refractivity contribution in [1.82, 2.24) is 10.6 Å². The third kappa shape index (κ3) is 12.9. The van der Waals surface area contributed by atoms with E-state index in [9.17, 15) is 14.4 Å². The fourth-order valence-corrected chi connectivity index (χ4v) is 3.18. The van der Waals surface area contributed by atoms with Crippen LogP contribution in [0, 0.1) is 10.8 Å². The molecule has 1 rings (SSSR count). The molecule has 0 aliphatic rings. The van der Waals surface area contributed by atoms with Crippen LogP contribution in [0.15, 0.2) is 30.3 Å². The number of hydrogen-bond donors (Lipinski definition) is 2. The lowest BCUT2D eigenvalue weighted by molar-refractivity contribution is -0.150. The van der Waals surface area contributed by atoms with E-state index in [1.807, 2.05) is 71.9 Å². The zero-order valence-corrected chi connectivity index (χ0v) is 21.7. The van der Waals surface area contributed by atoms with E-state index >= 15 is 0 Å². The van der Waals surface area contributed by atoms with Crippen molar-refractivity contribution in [2.24, 2.45) is 10.8 Å². The molecular formula is C26H42N2O5. The first-order valence-corrected chi connectivity index (χ1v) is 11.5. The number of carbonyl (C=O) groups is 3. The van der Waals surface area contributed by atoms with Crippen LogP contribution in [0.5, 0.6) is 0 Å². The Morgan fingerprint density at radius 3 is 1.79 bits per heavy atom. The highest BCUT2D eigenvalue weighted by Crippen LogP contribution is 2.24. The van der Waals surface area contributed by atoms with E-state index in [1.165, 1.54) is 0 Å². The first kappa shape index (κ1) is 28.5. The summed E-state index contributed by atoms with van der Waals surface area (Å²) in [5.74, 6) is -0.949. The Kier molecular flexibility index (Phi) is 9.94. The molecule has 2 N–H and O–H groups in total. The maximum atomic E-state index is 13.2. The predicted octanol–water partition coefficient (Wildman–Crippen LogP) is 4.98. The van der Waals surface area contributed by atoms with E-state index < -0.39 is 35.7 Å². The van der Waals surface area contributed by atoms with Crippen molar-refractivity contribution in [3.8, 4) is 0 Å². The topological polar surface area (TPSA) is 93.7 Å². The van der Waals surface area contributed by atoms with Crippen LogP contribution in [-0.2, 0) is 25.7 Å². The molecule has 0 aromatic heterocycles. The van der Waals surface area contributed by atoms with Gasteiger partial charge in [0, 0.05) is 0 Å². The normalized spacial score (nSPS) is 14.1. The molecule has 33 heavy (non-hydrogen) atoms. The van der Waals surface area contributed by atoms with Crippen LogP contribution in [0.4, 0.5) is 4.79 Å². The third-order valence-electron chi connectivity index (χ3n) is 4.47. The van der Waals surface area contributed by atoms with Crippen molar-refractivity contribution < 1.29 is 23.9 Å². The van der Waals surface area contributed by atoms with Gasteiger partial charge in [-0.2, -0.15) is 0 Å². The first-order chi connectivity index (χ1) is 15.0. The number of ether oxygens (including phenoxy) is 2. The van der Waals surface area contributed by atoms with Gasteiger partial charge < -0.3 is 20.1 Å². The molecule has 0 radical (unpaired) electrons. The number of esters is 1. The van der Waals surface area contributed by atoms with Crippen LogP contribution in [-0.4, -0.2) is 35.7 Å². The van der Waals surface area contributed by atoms with Gasteiger partial charge in [0.25, 0.3) is 0 Å². The van der Waals surface area contributed by atoms with Gasteiger partial charge in [0.15, 0.2) is 0 Å². The molecule has 0 bridgehead atoms. The Hall–Kier alpha value is -2.57. The number of alkyl carbamates (subject to hydrolysis) is 1. The lowest BCUT2D eigenvalue weighted by atomic mass is 9.86. The minimum Gasteiger partial charge on any atom is -0.459 e. The first-order valence-electron chi connectivity index (χ1n) is 11.5. The second-order valence-corrected chi connectivity index (χ2v) is 11.9. The fraction of sp³-hybridized carbons (Fsp3) is 0.654. The van der Waals surface area contributed by atoms with Crippen molar-refractivity contribution in [3.05, 3.63) is 35.9 Å². The Balaban J connectivity index is 2.97. The van der Waals surface area contributed by atoms with Crippen LogP contribution >= 0.6 is 0 Å². The molecule has 7 heteroatoms. The summed E-state index contributed by atoms with van der Waals surface area (Å²) < 4.78 is 10.8. The molecular weight excluding hydrogens is 420 g/mol. The van der Waals surface area contributed by atoms with Crippen LogP contribution in [0.2, 0.25) is 0 Å². The van der Waals surface area contributed by atoms with Crippen LogP contribution in [0.25, 0.3) is 0 Å². The average molecular weight is 463 g/mol. The second kappa shape index (κ2) is 11.5. The summed E-state index contributed by atoms with van der Waals surface area (Å²) in [4.78, 5) is 38.5. The van der Waals surface area contributed by atoms with Crippen molar-refractivity contribution in [3.63, 3.8) is 0 Å². The molecule has 2 amide bonds. The largest absolute Gasteiger partial charge is 0.459 e. The molecule has 0 aliphatic heterocycles. The van der Waals surface area contributed by atoms with Gasteiger partial charge in [-0.1, -0.05) is 71.9 Å². The molecule has 1 aromatic carbocycles. The third-order valence-corrected chi connectivity index (χ3v) is 4.47. The molecule has 2 atom stereocenters. The van der Waals surface area contributed by atoms with Gasteiger partial charge >= 0.3 is 12.1 Å². The smallest absolute Gasteiger partial charge is 0.408 e. The standard InChI is InChI=1S/C26H42N2O5/c1-24(2,3)15-19(28-23(31)33-26(7,8)9)21(29)27-20(16-25(4,5)6)22(30)32-17-18-13-11-10-12-14-18/h10-14,19-20H,15-17H2,1-9H3,(H,27,29)(H,28,31)/t19-,20+/m1/s1. The maximum absolute atomic E-state index is 13.2. The Morgan fingerprint density at radius 1 is 0.788 bits per heavy atom. The van der Waals surface area contributed by atoms with E-state index in [0.717, 1.165) is 5.56 Å². The lowest BCUT2D eigenvalue weighted by Gasteiger charge is -2.30. The number of benzene rings is 1. The summed E-state index contributed by atoms with van der Waals surface area (Å²) in [6, 6.07) is 7.67. The van der Waals surface area contributed by atoms with Gasteiger partial charge in [0.1, 0.15) is 24.3 Å². The minimum absolute atomic E-state index is 0.123. The predicted molar refractivity (Wildman–Crippen MR) is 129 cm³/mol. The van der Waals surface area contributed by atoms with Gasteiger partial charge in [-0.05, 0) is 50.0 Å². The highest BCUT2D eigenvalue weighted by molar-refractivity contribution is 5.89. The van der Waals surface area contributed by atoms with E-state index in [4.69, 9.17) is 9.47 Å². The van der Waals surface area contributed by atoms with Gasteiger partial charge in [0.2, 0.25) is 5.91 Å². The molecule has 0 aliphatic carbocycles. The van der Waals surface area contributed by atoms with Gasteiger partial charge in [0.05, 0.1) is 0 Å². The molecule has 0 saturated heterocycles. The van der Waals surface area contributed by atoms with Crippen molar-refractivity contribution in [1.29, 1.82) is 0 Å². The summed E-state index contributed by atoms with van der Waals surface area (Å²) >= 11 is 0. The number of rotatable bonds is 8. The molecule has 7 nitrogen and oxygen atoms in total. The number of amides is 2. The van der Waals surface area contributed by atoms with Gasteiger partial charge in [-0.3, -0.25) is 4.79 Å². The zero-order chi connectivity index (χ0) is 25.4. The van der Waals surface area contributed by atoms with Crippen molar-refractivity contribution in [2.75, 3.05) is 0 Å². The molecule has 0 spiro atoms. The average Bonchev–Trinajstić information content (AvgIpc) is 2.62. The highest BCUT2D eigenvalue weighted by atomic mass is 16.6. The van der Waals surface area contributed by atoms with Crippen molar-refractivity contribution >= 4 is 18.0 Å². The molecule has 1 aromatic rings. The van der Waals surface area contributed by atoms with Crippen LogP contribution in [0.3, 0.4) is 0 Å². The zero-order valence-electron chi connectivity index (χ0n) is 21.7. The van der Waals surface area contributed by atoms with Crippen LogP contribution < -0.4 is 10.6 Å². The maximum Gasteiger partial charge on any atom is 0.408 e. The van der Waals surface area contributed by atoms with Crippen LogP contribution in [0.1, 0.15) is 80.7 Å². The number of hydrogen-bond acceptors (Lipinski definition) is 5. The SMILES string of the molecule is CC(C)(C)C[C@H](NC(=O)[C@@H](CC(C)(C)C)NC(=O)OC(C)(C)C)C(=O)OCc1ccccc1. The number of nitrogens with one attached hydrogen (secondary N) is 2. The summed E-state index contributed by atoms with van der Waals surface area (Å²) in [5.41, 5.74) is -0.307. The second-order valence-electron chi connectivity index (χ2n) is 11.9. The lowest BCUT2D eigenvalue weighted by Crippen LogP contribution is -2.54. The van der Waals surface area contributed by atoms with Gasteiger partial charge in [-0.15, -0.1) is 0 Å². The van der Waals surface area contributed by atoms with E-state index in [2.05, 4.69) is 10.6 Å². The summed E-state index contributed by atoms with van der Waals surface area (Å²) in [6.07, 6.45) is 0.0892. The minimum atomic E-state index is -0.857. The molecule has 0 unspecified atom stereocenters. The molecule has 0 saturated carbocycles. The monoisotopic (exact) mass is 462 g/mol. The van der Waals surface area contributed by atoms with Gasteiger partial charge in [-0.25, -0.2) is 9.59 Å². The summed E-state index contributed by atoms with van der Waals surface area (Å²) in [6.45, 7) is 17.3. The summed E-state index contributed by atoms with van der Waals surface area (Å²) in [7, 11) is 0.